The van der Waals surface area contributed by atoms with Crippen molar-refractivity contribution in [2.75, 3.05) is 5.73 Å². The Labute approximate surface area is 134 Å². The van der Waals surface area contributed by atoms with Crippen LogP contribution in [-0.2, 0) is 6.61 Å². The van der Waals surface area contributed by atoms with Gasteiger partial charge in [-0.2, -0.15) is 0 Å². The SMILES string of the molecule is Cc1cc(-c2csc(N)n2)cc(C)c1OCc1ccccc1. The lowest BCUT2D eigenvalue weighted by atomic mass is 10.0. The Bertz CT molecular complexity index is 758. The summed E-state index contributed by atoms with van der Waals surface area (Å²) in [6.07, 6.45) is 0. The van der Waals surface area contributed by atoms with Crippen molar-refractivity contribution in [1.29, 1.82) is 0 Å². The van der Waals surface area contributed by atoms with Gasteiger partial charge in [0.2, 0.25) is 0 Å². The molecule has 2 aromatic carbocycles. The van der Waals surface area contributed by atoms with E-state index >= 15 is 0 Å². The van der Waals surface area contributed by atoms with Crippen LogP contribution in [0.4, 0.5) is 5.13 Å². The molecule has 22 heavy (non-hydrogen) atoms. The van der Waals surface area contributed by atoms with E-state index in [0.717, 1.165) is 33.7 Å². The van der Waals surface area contributed by atoms with Gasteiger partial charge in [0.1, 0.15) is 12.4 Å². The third kappa shape index (κ3) is 3.12. The van der Waals surface area contributed by atoms with Gasteiger partial charge in [0.05, 0.1) is 5.69 Å². The summed E-state index contributed by atoms with van der Waals surface area (Å²) in [6, 6.07) is 14.4. The summed E-state index contributed by atoms with van der Waals surface area (Å²) in [4.78, 5) is 4.34. The molecule has 0 bridgehead atoms. The van der Waals surface area contributed by atoms with Crippen LogP contribution in [0.2, 0.25) is 0 Å². The quantitative estimate of drug-likeness (QED) is 0.767. The Balaban J connectivity index is 1.84. The standard InChI is InChI=1S/C18H18N2OS/c1-12-8-15(16-11-22-18(19)20-16)9-13(2)17(12)21-10-14-6-4-3-5-7-14/h3-9,11H,10H2,1-2H3,(H2,19,20). The minimum atomic E-state index is 0.575. The molecule has 1 aromatic heterocycles. The number of rotatable bonds is 4. The largest absolute Gasteiger partial charge is 0.488 e. The predicted molar refractivity (Wildman–Crippen MR) is 92.2 cm³/mol. The Hall–Kier alpha value is -2.33. The molecule has 0 radical (unpaired) electrons. The number of nitrogens with zero attached hydrogens (tertiary/aromatic N) is 1. The van der Waals surface area contributed by atoms with E-state index in [2.05, 4.69) is 43.1 Å². The first kappa shape index (κ1) is 14.6. The molecule has 0 fully saturated rings. The van der Waals surface area contributed by atoms with E-state index in [1.165, 1.54) is 11.3 Å². The summed E-state index contributed by atoms with van der Waals surface area (Å²) in [5.74, 6) is 0.941. The zero-order valence-corrected chi connectivity index (χ0v) is 13.5. The number of anilines is 1. The van der Waals surface area contributed by atoms with Crippen molar-refractivity contribution in [3.63, 3.8) is 0 Å². The molecular formula is C18H18N2OS. The lowest BCUT2D eigenvalue weighted by molar-refractivity contribution is 0.302. The van der Waals surface area contributed by atoms with Crippen molar-refractivity contribution < 1.29 is 4.74 Å². The van der Waals surface area contributed by atoms with Gasteiger partial charge in [-0.3, -0.25) is 0 Å². The zero-order chi connectivity index (χ0) is 15.5. The van der Waals surface area contributed by atoms with Crippen molar-refractivity contribution >= 4 is 16.5 Å². The molecular weight excluding hydrogens is 292 g/mol. The molecule has 3 rings (SSSR count). The number of nitrogen functional groups attached to an aromatic ring is 1. The van der Waals surface area contributed by atoms with Crippen molar-refractivity contribution in [1.82, 2.24) is 4.98 Å². The number of nitrogens with two attached hydrogens (primary N) is 1. The van der Waals surface area contributed by atoms with Gasteiger partial charge in [0, 0.05) is 10.9 Å². The van der Waals surface area contributed by atoms with Gasteiger partial charge in [-0.1, -0.05) is 30.3 Å². The van der Waals surface area contributed by atoms with Gasteiger partial charge in [-0.25, -0.2) is 4.98 Å². The molecule has 4 heteroatoms. The van der Waals surface area contributed by atoms with Crippen LogP contribution in [0.15, 0.2) is 47.8 Å². The molecule has 2 N–H and O–H groups in total. The number of benzene rings is 2. The first-order chi connectivity index (χ1) is 10.6. The second-order valence-electron chi connectivity index (χ2n) is 5.28. The summed E-state index contributed by atoms with van der Waals surface area (Å²) in [5.41, 5.74) is 11.1. The van der Waals surface area contributed by atoms with Gasteiger partial charge >= 0.3 is 0 Å². The van der Waals surface area contributed by atoms with Crippen LogP contribution in [0, 0.1) is 13.8 Å². The highest BCUT2D eigenvalue weighted by Crippen LogP contribution is 2.31. The number of hydrogen-bond donors (Lipinski definition) is 1. The maximum Gasteiger partial charge on any atom is 0.180 e. The van der Waals surface area contributed by atoms with E-state index in [1.54, 1.807) is 0 Å². The number of aromatic nitrogens is 1. The molecule has 0 amide bonds. The van der Waals surface area contributed by atoms with E-state index in [9.17, 15) is 0 Å². The molecule has 0 aliphatic rings. The second kappa shape index (κ2) is 6.20. The normalized spacial score (nSPS) is 10.6. The third-order valence-electron chi connectivity index (χ3n) is 3.50. The predicted octanol–water partition coefficient (Wildman–Crippen LogP) is 4.59. The summed E-state index contributed by atoms with van der Waals surface area (Å²) in [6.45, 7) is 4.70. The first-order valence-corrected chi connectivity index (χ1v) is 8.01. The maximum atomic E-state index is 6.01. The Morgan fingerprint density at radius 3 is 2.36 bits per heavy atom. The van der Waals surface area contributed by atoms with E-state index in [4.69, 9.17) is 10.5 Å². The van der Waals surface area contributed by atoms with Gasteiger partial charge in [0.25, 0.3) is 0 Å². The summed E-state index contributed by atoms with van der Waals surface area (Å²) >= 11 is 1.46. The number of hydrogen-bond acceptors (Lipinski definition) is 4. The topological polar surface area (TPSA) is 48.1 Å². The van der Waals surface area contributed by atoms with Crippen LogP contribution in [0.25, 0.3) is 11.3 Å². The molecule has 0 aliphatic heterocycles. The minimum Gasteiger partial charge on any atom is -0.488 e. The van der Waals surface area contributed by atoms with Gasteiger partial charge < -0.3 is 10.5 Å². The van der Waals surface area contributed by atoms with Crippen LogP contribution in [0.1, 0.15) is 16.7 Å². The fourth-order valence-electron chi connectivity index (χ4n) is 2.48. The van der Waals surface area contributed by atoms with Gasteiger partial charge in [-0.15, -0.1) is 11.3 Å². The van der Waals surface area contributed by atoms with E-state index < -0.39 is 0 Å². The molecule has 3 nitrogen and oxygen atoms in total. The number of aryl methyl sites for hydroxylation is 2. The molecule has 0 saturated carbocycles. The third-order valence-corrected chi connectivity index (χ3v) is 4.18. The molecule has 3 aromatic rings. The smallest absolute Gasteiger partial charge is 0.180 e. The van der Waals surface area contributed by atoms with Gasteiger partial charge in [-0.05, 0) is 42.7 Å². The Morgan fingerprint density at radius 1 is 1.09 bits per heavy atom. The summed E-state index contributed by atoms with van der Waals surface area (Å²) < 4.78 is 6.01. The Morgan fingerprint density at radius 2 is 1.77 bits per heavy atom. The lowest BCUT2D eigenvalue weighted by Crippen LogP contribution is -1.99. The second-order valence-corrected chi connectivity index (χ2v) is 6.17. The van der Waals surface area contributed by atoms with Gasteiger partial charge in [0.15, 0.2) is 5.13 Å². The minimum absolute atomic E-state index is 0.575. The molecule has 0 unspecified atom stereocenters. The summed E-state index contributed by atoms with van der Waals surface area (Å²) in [5, 5.41) is 2.57. The fraction of sp³-hybridized carbons (Fsp3) is 0.167. The fourth-order valence-corrected chi connectivity index (χ4v) is 3.05. The monoisotopic (exact) mass is 310 g/mol. The zero-order valence-electron chi connectivity index (χ0n) is 12.7. The van der Waals surface area contributed by atoms with E-state index in [1.807, 2.05) is 23.6 Å². The lowest BCUT2D eigenvalue weighted by Gasteiger charge is -2.13. The van der Waals surface area contributed by atoms with Crippen LogP contribution in [-0.4, -0.2) is 4.98 Å². The maximum absolute atomic E-state index is 6.01. The molecule has 0 aliphatic carbocycles. The average Bonchev–Trinajstić information content (AvgIpc) is 2.94. The van der Waals surface area contributed by atoms with E-state index in [0.29, 0.717) is 11.7 Å². The first-order valence-electron chi connectivity index (χ1n) is 7.13. The molecule has 112 valence electrons. The highest BCUT2D eigenvalue weighted by Gasteiger charge is 2.10. The average molecular weight is 310 g/mol. The van der Waals surface area contributed by atoms with E-state index in [-0.39, 0.29) is 0 Å². The van der Waals surface area contributed by atoms with Crippen LogP contribution in [0.5, 0.6) is 5.75 Å². The number of thiazole rings is 1. The molecule has 0 atom stereocenters. The Kier molecular flexibility index (Phi) is 4.11. The van der Waals surface area contributed by atoms with Crippen molar-refractivity contribution in [2.24, 2.45) is 0 Å². The highest BCUT2D eigenvalue weighted by molar-refractivity contribution is 7.13. The highest BCUT2D eigenvalue weighted by atomic mass is 32.1. The van der Waals surface area contributed by atoms with Crippen molar-refractivity contribution in [3.05, 3.63) is 64.5 Å². The summed E-state index contributed by atoms with van der Waals surface area (Å²) in [7, 11) is 0. The molecule has 0 spiro atoms. The van der Waals surface area contributed by atoms with Crippen LogP contribution < -0.4 is 10.5 Å². The van der Waals surface area contributed by atoms with Crippen molar-refractivity contribution in [2.45, 2.75) is 20.5 Å². The molecule has 0 saturated heterocycles. The molecule has 1 heterocycles. The number of ether oxygens (including phenoxy) is 1. The van der Waals surface area contributed by atoms with Crippen LogP contribution >= 0.6 is 11.3 Å². The van der Waals surface area contributed by atoms with Crippen molar-refractivity contribution in [3.8, 4) is 17.0 Å². The van der Waals surface area contributed by atoms with Crippen LogP contribution in [0.3, 0.4) is 0 Å².